The first-order valence-corrected chi connectivity index (χ1v) is 2.96. The Morgan fingerprint density at radius 3 is 2.20 bits per heavy atom. The van der Waals surface area contributed by atoms with Crippen LogP contribution in [0.25, 0.3) is 0 Å². The maximum Gasteiger partial charge on any atom is 1.00 e. The molecule has 1 rings (SSSR count). The molecule has 0 heterocycles. The maximum atomic E-state index is 8.94. The van der Waals surface area contributed by atoms with E-state index in [1.54, 1.807) is 12.1 Å². The standard InChI is InChI=1S/C8H10O.Na.H/c1-6-3-4-8(9)5-7(6)2;;/h3-5,9H,1-2H3;;/q;+1;-1. The van der Waals surface area contributed by atoms with Gasteiger partial charge in [0.25, 0.3) is 0 Å². The first kappa shape index (κ1) is 10.0. The number of phenols is 1. The molecule has 0 aromatic heterocycles. The fourth-order valence-electron chi connectivity index (χ4n) is 0.726. The van der Waals surface area contributed by atoms with Gasteiger partial charge in [0.2, 0.25) is 0 Å². The van der Waals surface area contributed by atoms with Gasteiger partial charge in [-0.25, -0.2) is 0 Å². The van der Waals surface area contributed by atoms with Crippen molar-refractivity contribution in [3.63, 3.8) is 0 Å². The number of hydrogen-bond acceptors (Lipinski definition) is 1. The van der Waals surface area contributed by atoms with Crippen molar-refractivity contribution < 1.29 is 36.1 Å². The first-order valence-electron chi connectivity index (χ1n) is 2.96. The first-order chi connectivity index (χ1) is 4.20. The van der Waals surface area contributed by atoms with Crippen molar-refractivity contribution in [2.24, 2.45) is 0 Å². The minimum atomic E-state index is 0. The van der Waals surface area contributed by atoms with Gasteiger partial charge >= 0.3 is 29.6 Å². The summed E-state index contributed by atoms with van der Waals surface area (Å²) in [7, 11) is 0. The minimum absolute atomic E-state index is 0. The van der Waals surface area contributed by atoms with E-state index in [2.05, 4.69) is 0 Å². The number of aryl methyl sites for hydroxylation is 2. The van der Waals surface area contributed by atoms with Crippen LogP contribution in [0.1, 0.15) is 12.6 Å². The molecule has 0 unspecified atom stereocenters. The van der Waals surface area contributed by atoms with E-state index in [0.717, 1.165) is 5.56 Å². The van der Waals surface area contributed by atoms with Crippen LogP contribution in [0.15, 0.2) is 18.2 Å². The fraction of sp³-hybridized carbons (Fsp3) is 0.250. The number of hydrogen-bond donors (Lipinski definition) is 1. The molecule has 0 saturated heterocycles. The van der Waals surface area contributed by atoms with Gasteiger partial charge < -0.3 is 6.53 Å². The number of phenolic OH excluding ortho intramolecular Hbond substituents is 1. The molecule has 0 aliphatic carbocycles. The van der Waals surface area contributed by atoms with Gasteiger partial charge in [-0.1, -0.05) is 6.07 Å². The van der Waals surface area contributed by atoms with Crippen LogP contribution in [0.5, 0.6) is 5.75 Å². The Hall–Kier alpha value is 0.0200. The Bertz CT molecular complexity index is 225. The van der Waals surface area contributed by atoms with E-state index >= 15 is 0 Å². The number of benzene rings is 1. The van der Waals surface area contributed by atoms with Gasteiger partial charge in [0.05, 0.1) is 0 Å². The summed E-state index contributed by atoms with van der Waals surface area (Å²) in [5.41, 5.74) is 2.35. The molecule has 0 saturated carbocycles. The van der Waals surface area contributed by atoms with E-state index in [9.17, 15) is 0 Å². The van der Waals surface area contributed by atoms with Crippen molar-refractivity contribution in [1.29, 1.82) is 0 Å². The maximum absolute atomic E-state index is 8.94. The zero-order valence-corrected chi connectivity index (χ0v) is 8.68. The predicted octanol–water partition coefficient (Wildman–Crippen LogP) is -0.874. The Kier molecular flexibility index (Phi) is 4.02. The summed E-state index contributed by atoms with van der Waals surface area (Å²) >= 11 is 0. The van der Waals surface area contributed by atoms with Gasteiger partial charge in [-0.05, 0) is 37.1 Å². The number of rotatable bonds is 0. The SMILES string of the molecule is Cc1ccc(O)cc1C.[H-].[Na+]. The molecule has 50 valence electrons. The smallest absolute Gasteiger partial charge is 1.00 e. The molecule has 0 amide bonds. The summed E-state index contributed by atoms with van der Waals surface area (Å²) in [6.45, 7) is 4.00. The van der Waals surface area contributed by atoms with E-state index in [0.29, 0.717) is 5.75 Å². The minimum Gasteiger partial charge on any atom is -1.00 e. The van der Waals surface area contributed by atoms with Crippen LogP contribution < -0.4 is 29.6 Å². The average molecular weight is 146 g/mol. The van der Waals surface area contributed by atoms with Crippen molar-refractivity contribution >= 4 is 0 Å². The van der Waals surface area contributed by atoms with Crippen molar-refractivity contribution in [1.82, 2.24) is 0 Å². The van der Waals surface area contributed by atoms with Crippen molar-refractivity contribution in [2.45, 2.75) is 13.8 Å². The molecule has 0 fully saturated rings. The third kappa shape index (κ3) is 2.33. The van der Waals surface area contributed by atoms with Crippen LogP contribution in [0.2, 0.25) is 0 Å². The van der Waals surface area contributed by atoms with E-state index in [1.807, 2.05) is 19.9 Å². The molecular weight excluding hydrogens is 135 g/mol. The molecule has 2 heteroatoms. The second kappa shape index (κ2) is 4.02. The van der Waals surface area contributed by atoms with Crippen LogP contribution in [-0.4, -0.2) is 5.11 Å². The van der Waals surface area contributed by atoms with Crippen LogP contribution in [0, 0.1) is 13.8 Å². The summed E-state index contributed by atoms with van der Waals surface area (Å²) in [6, 6.07) is 5.36. The third-order valence-electron chi connectivity index (χ3n) is 1.49. The van der Waals surface area contributed by atoms with Crippen molar-refractivity contribution in [3.8, 4) is 5.75 Å². The summed E-state index contributed by atoms with van der Waals surface area (Å²) < 4.78 is 0. The van der Waals surface area contributed by atoms with Crippen molar-refractivity contribution in [2.75, 3.05) is 0 Å². The topological polar surface area (TPSA) is 20.2 Å². The van der Waals surface area contributed by atoms with Gasteiger partial charge in [-0.3, -0.25) is 0 Å². The zero-order chi connectivity index (χ0) is 6.85. The Balaban J connectivity index is 0. The number of aromatic hydroxyl groups is 1. The van der Waals surface area contributed by atoms with E-state index in [-0.39, 0.29) is 31.0 Å². The van der Waals surface area contributed by atoms with Gasteiger partial charge in [-0.2, -0.15) is 0 Å². The second-order valence-corrected chi connectivity index (χ2v) is 2.27. The third-order valence-corrected chi connectivity index (χ3v) is 1.49. The van der Waals surface area contributed by atoms with Crippen LogP contribution in [-0.2, 0) is 0 Å². The Labute approximate surface area is 84.9 Å². The molecule has 0 aliphatic heterocycles. The molecular formula is C8H11NaO. The Morgan fingerprint density at radius 1 is 1.20 bits per heavy atom. The molecule has 1 nitrogen and oxygen atoms in total. The summed E-state index contributed by atoms with van der Waals surface area (Å²) in [4.78, 5) is 0. The van der Waals surface area contributed by atoms with Gasteiger partial charge in [0.15, 0.2) is 0 Å². The van der Waals surface area contributed by atoms with Crippen LogP contribution in [0.3, 0.4) is 0 Å². The molecule has 0 aliphatic rings. The quantitative estimate of drug-likeness (QED) is 0.471. The second-order valence-electron chi connectivity index (χ2n) is 2.27. The van der Waals surface area contributed by atoms with Gasteiger partial charge in [0.1, 0.15) is 5.75 Å². The molecule has 1 N–H and O–H groups in total. The van der Waals surface area contributed by atoms with Crippen LogP contribution in [0.4, 0.5) is 0 Å². The zero-order valence-electron chi connectivity index (χ0n) is 7.68. The molecule has 0 spiro atoms. The summed E-state index contributed by atoms with van der Waals surface area (Å²) in [6.07, 6.45) is 0. The summed E-state index contributed by atoms with van der Waals surface area (Å²) in [5.74, 6) is 0.345. The van der Waals surface area contributed by atoms with Crippen LogP contribution >= 0.6 is 0 Å². The normalized spacial score (nSPS) is 8.60. The molecule has 0 bridgehead atoms. The summed E-state index contributed by atoms with van der Waals surface area (Å²) in [5, 5.41) is 8.94. The van der Waals surface area contributed by atoms with E-state index < -0.39 is 0 Å². The van der Waals surface area contributed by atoms with E-state index in [4.69, 9.17) is 5.11 Å². The van der Waals surface area contributed by atoms with Crippen molar-refractivity contribution in [3.05, 3.63) is 29.3 Å². The predicted molar refractivity (Wildman–Crippen MR) is 38.7 cm³/mol. The molecule has 0 atom stereocenters. The average Bonchev–Trinajstić information content (AvgIpc) is 1.80. The molecule has 1 aromatic rings. The molecule has 10 heavy (non-hydrogen) atoms. The Morgan fingerprint density at radius 2 is 1.80 bits per heavy atom. The monoisotopic (exact) mass is 146 g/mol. The van der Waals surface area contributed by atoms with E-state index in [1.165, 1.54) is 5.56 Å². The molecule has 1 aromatic carbocycles. The van der Waals surface area contributed by atoms with Gasteiger partial charge in [-0.15, -0.1) is 0 Å². The fourth-order valence-corrected chi connectivity index (χ4v) is 0.726. The largest absolute Gasteiger partial charge is 1.00 e. The molecule has 0 radical (unpaired) electrons. The van der Waals surface area contributed by atoms with Gasteiger partial charge in [0, 0.05) is 0 Å².